The predicted molar refractivity (Wildman–Crippen MR) is 19.4 cm³/mol. The quantitative estimate of drug-likeness (QED) is 0.419. The number of halogens is 1. The van der Waals surface area contributed by atoms with Crippen molar-refractivity contribution in [3.8, 4) is 0 Å². The van der Waals surface area contributed by atoms with E-state index >= 15 is 0 Å². The van der Waals surface area contributed by atoms with Crippen LogP contribution >= 0.6 is 0 Å². The van der Waals surface area contributed by atoms with Gasteiger partial charge in [-0.25, -0.2) is 0 Å². The van der Waals surface area contributed by atoms with Crippen molar-refractivity contribution in [1.29, 1.82) is 0 Å². The highest BCUT2D eigenvalue weighted by molar-refractivity contribution is 4.15. The summed E-state index contributed by atoms with van der Waals surface area (Å²) in [6.45, 7) is 2.22. The molecule has 0 bridgehead atoms. The lowest BCUT2D eigenvalue weighted by Crippen LogP contribution is -2.02. The van der Waals surface area contributed by atoms with Gasteiger partial charge in [-0.15, -0.1) is 9.60 Å². The lowest BCUT2D eigenvalue weighted by Gasteiger charge is -1.93. The van der Waals surface area contributed by atoms with Crippen LogP contribution in [0.4, 0.5) is 4.48 Å². The van der Waals surface area contributed by atoms with Crippen molar-refractivity contribution in [2.75, 3.05) is 13.6 Å². The summed E-state index contributed by atoms with van der Waals surface area (Å²) in [4.78, 5) is 0. The van der Waals surface area contributed by atoms with E-state index < -0.39 is 0 Å². The van der Waals surface area contributed by atoms with Crippen LogP contribution in [0.1, 0.15) is 6.92 Å². The summed E-state index contributed by atoms with van der Waals surface area (Å²) in [6, 6.07) is 0. The van der Waals surface area contributed by atoms with Gasteiger partial charge in [0.25, 0.3) is 0 Å². The average Bonchev–Trinajstić information content (AvgIpc) is 1.38. The van der Waals surface area contributed by atoms with Crippen molar-refractivity contribution in [2.24, 2.45) is 0 Å². The van der Waals surface area contributed by atoms with Gasteiger partial charge in [0, 0.05) is 13.6 Å². The van der Waals surface area contributed by atoms with Gasteiger partial charge in [-0.1, -0.05) is 0 Å². The number of rotatable bonds is 1. The molecule has 0 aliphatic carbocycles. The molecule has 0 aromatic carbocycles. The van der Waals surface area contributed by atoms with Crippen molar-refractivity contribution in [2.45, 2.75) is 6.92 Å². The third-order valence-corrected chi connectivity index (χ3v) is 0.436. The fourth-order valence-corrected chi connectivity index (χ4v) is 0. The Labute approximate surface area is 31.3 Å². The highest BCUT2D eigenvalue weighted by Gasteiger charge is 1.78. The van der Waals surface area contributed by atoms with Crippen molar-refractivity contribution >= 4 is 0 Å². The van der Waals surface area contributed by atoms with E-state index in [0.717, 1.165) is 0 Å². The second-order valence-electron chi connectivity index (χ2n) is 0.921. The Morgan fingerprint density at radius 3 is 2.00 bits per heavy atom. The van der Waals surface area contributed by atoms with E-state index in [4.69, 9.17) is 0 Å². The van der Waals surface area contributed by atoms with Gasteiger partial charge in [0.1, 0.15) is 0 Å². The molecule has 0 aromatic heterocycles. The van der Waals surface area contributed by atoms with E-state index in [1.54, 1.807) is 6.92 Å². The molecule has 0 spiro atoms. The second-order valence-corrected chi connectivity index (χ2v) is 0.921. The molecule has 0 rings (SSSR count). The molecule has 5 heavy (non-hydrogen) atoms. The van der Waals surface area contributed by atoms with Crippen LogP contribution < -0.4 is 0 Å². The summed E-state index contributed by atoms with van der Waals surface area (Å²) in [5.74, 6) is 0. The molecule has 0 saturated heterocycles. The van der Waals surface area contributed by atoms with Crippen LogP contribution in [0.3, 0.4) is 0 Å². The van der Waals surface area contributed by atoms with Crippen molar-refractivity contribution in [3.05, 3.63) is 0 Å². The molecule has 0 unspecified atom stereocenters. The minimum absolute atomic E-state index is 0.472. The molecule has 0 aliphatic heterocycles. The Morgan fingerprint density at radius 1 is 1.80 bits per heavy atom. The molecule has 0 fully saturated rings. The van der Waals surface area contributed by atoms with Crippen molar-refractivity contribution in [3.63, 3.8) is 0 Å². The lowest BCUT2D eigenvalue weighted by atomic mass is 10.8. The van der Waals surface area contributed by atoms with Gasteiger partial charge < -0.3 is 0 Å². The Bertz CT molecular complexity index is 20.9. The second kappa shape index (κ2) is 2.15. The molecule has 1 nitrogen and oxygen atoms in total. The number of hydrogen-bond acceptors (Lipinski definition) is 1. The maximum atomic E-state index is 11.3. The van der Waals surface area contributed by atoms with Crippen molar-refractivity contribution < 1.29 is 4.48 Å². The topological polar surface area (TPSA) is 3.24 Å². The summed E-state index contributed by atoms with van der Waals surface area (Å²) >= 11 is 0. The van der Waals surface area contributed by atoms with Crippen LogP contribution in [0.25, 0.3) is 0 Å². The highest BCUT2D eigenvalue weighted by atomic mass is 19.2. The minimum Gasteiger partial charge on any atom is -0.150 e. The largest absolute Gasteiger partial charge is 0.150 e. The molecule has 0 N–H and O–H groups in total. The monoisotopic (exact) mass is 77.1 g/mol. The smallest absolute Gasteiger partial charge is 0.0258 e. The molecule has 0 atom stereocenters. The van der Waals surface area contributed by atoms with Crippen LogP contribution in [-0.4, -0.2) is 18.7 Å². The highest BCUT2D eigenvalue weighted by Crippen LogP contribution is 1.73. The van der Waals surface area contributed by atoms with Gasteiger partial charge in [-0.3, -0.25) is 0 Å². The van der Waals surface area contributed by atoms with Gasteiger partial charge >= 0.3 is 0 Å². The average molecular weight is 77.1 g/mol. The van der Waals surface area contributed by atoms with Crippen LogP contribution in [0.15, 0.2) is 0 Å². The van der Waals surface area contributed by atoms with Gasteiger partial charge in [-0.2, -0.15) is 0 Å². The first-order chi connectivity index (χ1) is 2.27. The van der Waals surface area contributed by atoms with Crippen LogP contribution in [0.2, 0.25) is 0 Å². The fraction of sp³-hybridized carbons (Fsp3) is 1.00. The van der Waals surface area contributed by atoms with Gasteiger partial charge in [0.05, 0.1) is 0 Å². The third-order valence-electron chi connectivity index (χ3n) is 0.436. The zero-order valence-corrected chi connectivity index (χ0v) is 3.53. The Balaban J connectivity index is 2.54. The summed E-state index contributed by atoms with van der Waals surface area (Å²) in [7, 11) is 1.39. The minimum atomic E-state index is 0.472. The zero-order valence-electron chi connectivity index (χ0n) is 3.53. The van der Waals surface area contributed by atoms with E-state index in [1.165, 1.54) is 7.05 Å². The van der Waals surface area contributed by atoms with Crippen LogP contribution in [-0.2, 0) is 0 Å². The molecule has 0 radical (unpaired) electrons. The summed E-state index contributed by atoms with van der Waals surface area (Å²) < 4.78 is 11.3. The van der Waals surface area contributed by atoms with E-state index in [9.17, 15) is 4.48 Å². The van der Waals surface area contributed by atoms with E-state index in [2.05, 4.69) is 0 Å². The van der Waals surface area contributed by atoms with Gasteiger partial charge in [0.2, 0.25) is 0 Å². The molecule has 2 heteroatoms. The van der Waals surface area contributed by atoms with E-state index in [0.29, 0.717) is 11.7 Å². The molecular weight excluding hydrogens is 69.0 g/mol. The predicted octanol–water partition coefficient (Wildman–Crippen LogP) is 0.823. The summed E-state index contributed by atoms with van der Waals surface area (Å²) in [5, 5.41) is 0.625. The SMILES string of the molecule is CCN(C)F. The van der Waals surface area contributed by atoms with Gasteiger partial charge in [-0.05, 0) is 6.92 Å². The van der Waals surface area contributed by atoms with E-state index in [-0.39, 0.29) is 0 Å². The van der Waals surface area contributed by atoms with Crippen LogP contribution in [0, 0.1) is 0 Å². The maximum Gasteiger partial charge on any atom is 0.0258 e. The lowest BCUT2D eigenvalue weighted by molar-refractivity contribution is 0.0676. The molecule has 0 aliphatic rings. The maximum absolute atomic E-state index is 11.3. The summed E-state index contributed by atoms with van der Waals surface area (Å²) in [6.07, 6.45) is 0. The first kappa shape index (κ1) is 4.89. The molecule has 0 heterocycles. The Kier molecular flexibility index (Phi) is 2.10. The van der Waals surface area contributed by atoms with Gasteiger partial charge in [0.15, 0.2) is 0 Å². The number of nitrogens with zero attached hydrogens (tertiary/aromatic N) is 1. The molecule has 32 valence electrons. The Hall–Kier alpha value is -0.110. The number of hydrogen-bond donors (Lipinski definition) is 0. The standard InChI is InChI=1S/C3H8FN/c1-3-5(2)4/h3H2,1-2H3. The fourth-order valence-electron chi connectivity index (χ4n) is 0. The normalized spacial score (nSPS) is 9.60. The van der Waals surface area contributed by atoms with E-state index in [1.807, 2.05) is 0 Å². The molecule has 0 amide bonds. The molecule has 0 saturated carbocycles. The first-order valence-corrected chi connectivity index (χ1v) is 1.64. The third kappa shape index (κ3) is 3.89. The van der Waals surface area contributed by atoms with Crippen LogP contribution in [0.5, 0.6) is 0 Å². The molecular formula is C3H8FN. The first-order valence-electron chi connectivity index (χ1n) is 1.64. The summed E-state index contributed by atoms with van der Waals surface area (Å²) in [5.41, 5.74) is 0. The molecule has 0 aromatic rings. The van der Waals surface area contributed by atoms with Crippen molar-refractivity contribution in [1.82, 2.24) is 5.12 Å². The Morgan fingerprint density at radius 2 is 2.00 bits per heavy atom. The zero-order chi connectivity index (χ0) is 4.28.